The molecule has 1 saturated heterocycles. The highest BCUT2D eigenvalue weighted by Gasteiger charge is 2.13. The molecule has 3 nitrogen and oxygen atoms in total. The Morgan fingerprint density at radius 2 is 1.82 bits per heavy atom. The van der Waals surface area contributed by atoms with Gasteiger partial charge in [-0.15, -0.1) is 0 Å². The van der Waals surface area contributed by atoms with Gasteiger partial charge in [-0.1, -0.05) is 42.5 Å². The lowest BCUT2D eigenvalue weighted by atomic mass is 10.0. The monoisotopic (exact) mass is 295 g/mol. The summed E-state index contributed by atoms with van der Waals surface area (Å²) in [4.78, 5) is 2.31. The van der Waals surface area contributed by atoms with Crippen molar-refractivity contribution in [2.45, 2.75) is 19.0 Å². The van der Waals surface area contributed by atoms with Crippen LogP contribution in [0.2, 0.25) is 0 Å². The van der Waals surface area contributed by atoms with Gasteiger partial charge in [-0.25, -0.2) is 0 Å². The van der Waals surface area contributed by atoms with Crippen LogP contribution in [0.1, 0.15) is 11.1 Å². The van der Waals surface area contributed by atoms with E-state index in [0.717, 1.165) is 32.6 Å². The number of anilines is 1. The van der Waals surface area contributed by atoms with E-state index in [1.165, 1.54) is 16.8 Å². The number of hydrogen-bond acceptors (Lipinski definition) is 3. The first kappa shape index (κ1) is 15.1. The molecular weight excluding hydrogens is 270 g/mol. The Bertz CT molecular complexity index is 576. The van der Waals surface area contributed by atoms with E-state index in [4.69, 9.17) is 0 Å². The summed E-state index contributed by atoms with van der Waals surface area (Å²) in [7, 11) is 2.16. The van der Waals surface area contributed by atoms with E-state index in [1.807, 2.05) is 0 Å². The van der Waals surface area contributed by atoms with Crippen molar-refractivity contribution in [3.8, 4) is 0 Å². The van der Waals surface area contributed by atoms with Crippen molar-refractivity contribution in [1.29, 1.82) is 0 Å². The second kappa shape index (κ2) is 7.43. The van der Waals surface area contributed by atoms with E-state index in [-0.39, 0.29) is 0 Å². The molecule has 2 N–H and O–H groups in total. The Morgan fingerprint density at radius 1 is 1.00 bits per heavy atom. The summed E-state index contributed by atoms with van der Waals surface area (Å²) in [5.74, 6) is 0. The fraction of sp³-hybridized carbons (Fsp3) is 0.368. The maximum Gasteiger partial charge on any atom is 0.0426 e. The summed E-state index contributed by atoms with van der Waals surface area (Å²) in [6, 6.07) is 20.1. The molecule has 1 fully saturated rings. The highest BCUT2D eigenvalue weighted by molar-refractivity contribution is 5.48. The van der Waals surface area contributed by atoms with Gasteiger partial charge in [0, 0.05) is 45.0 Å². The summed E-state index contributed by atoms with van der Waals surface area (Å²) in [6.45, 7) is 4.15. The zero-order valence-electron chi connectivity index (χ0n) is 13.3. The van der Waals surface area contributed by atoms with E-state index in [0.29, 0.717) is 6.04 Å². The van der Waals surface area contributed by atoms with Gasteiger partial charge in [0.1, 0.15) is 0 Å². The molecule has 0 aliphatic carbocycles. The average Bonchev–Trinajstić information content (AvgIpc) is 2.57. The fourth-order valence-electron chi connectivity index (χ4n) is 3.01. The SMILES string of the molecule is CN(Cc1ccccc1)c1cccc(CC2CNCCN2)c1. The van der Waals surface area contributed by atoms with Crippen molar-refractivity contribution in [1.82, 2.24) is 10.6 Å². The topological polar surface area (TPSA) is 27.3 Å². The molecule has 1 unspecified atom stereocenters. The highest BCUT2D eigenvalue weighted by Crippen LogP contribution is 2.18. The smallest absolute Gasteiger partial charge is 0.0426 e. The van der Waals surface area contributed by atoms with Crippen molar-refractivity contribution in [3.05, 3.63) is 65.7 Å². The van der Waals surface area contributed by atoms with Gasteiger partial charge in [-0.05, 0) is 29.7 Å². The zero-order valence-corrected chi connectivity index (χ0v) is 13.3. The second-order valence-electron chi connectivity index (χ2n) is 6.07. The molecule has 3 rings (SSSR count). The quantitative estimate of drug-likeness (QED) is 0.887. The third-order valence-corrected chi connectivity index (χ3v) is 4.22. The van der Waals surface area contributed by atoms with E-state index in [2.05, 4.69) is 77.2 Å². The first-order valence-electron chi connectivity index (χ1n) is 8.09. The van der Waals surface area contributed by atoms with Crippen LogP contribution in [0.3, 0.4) is 0 Å². The number of rotatable bonds is 5. The lowest BCUT2D eigenvalue weighted by molar-refractivity contribution is 0.416. The molecule has 0 amide bonds. The van der Waals surface area contributed by atoms with Crippen molar-refractivity contribution in [2.75, 3.05) is 31.6 Å². The zero-order chi connectivity index (χ0) is 15.2. The largest absolute Gasteiger partial charge is 0.370 e. The molecule has 116 valence electrons. The highest BCUT2D eigenvalue weighted by atomic mass is 15.1. The molecule has 0 spiro atoms. The molecule has 0 radical (unpaired) electrons. The lowest BCUT2D eigenvalue weighted by Gasteiger charge is -2.25. The second-order valence-corrected chi connectivity index (χ2v) is 6.07. The third kappa shape index (κ3) is 4.09. The molecular formula is C19H25N3. The van der Waals surface area contributed by atoms with Gasteiger partial charge in [-0.2, -0.15) is 0 Å². The summed E-state index contributed by atoms with van der Waals surface area (Å²) in [5.41, 5.74) is 4.03. The van der Waals surface area contributed by atoms with Gasteiger partial charge in [0.2, 0.25) is 0 Å². The number of nitrogens with zero attached hydrogens (tertiary/aromatic N) is 1. The predicted octanol–water partition coefficient (Wildman–Crippen LogP) is 2.43. The van der Waals surface area contributed by atoms with Crippen molar-refractivity contribution >= 4 is 5.69 Å². The fourth-order valence-corrected chi connectivity index (χ4v) is 3.01. The number of hydrogen-bond donors (Lipinski definition) is 2. The molecule has 3 heteroatoms. The van der Waals surface area contributed by atoms with Crippen molar-refractivity contribution < 1.29 is 0 Å². The number of benzene rings is 2. The molecule has 0 aromatic heterocycles. The predicted molar refractivity (Wildman–Crippen MR) is 93.4 cm³/mol. The Balaban J connectivity index is 1.64. The summed E-state index contributed by atoms with van der Waals surface area (Å²) in [6.07, 6.45) is 1.08. The van der Waals surface area contributed by atoms with Crippen molar-refractivity contribution in [3.63, 3.8) is 0 Å². The normalized spacial score (nSPS) is 18.1. The van der Waals surface area contributed by atoms with Gasteiger partial charge >= 0.3 is 0 Å². The Kier molecular flexibility index (Phi) is 5.09. The Morgan fingerprint density at radius 3 is 2.59 bits per heavy atom. The van der Waals surface area contributed by atoms with Crippen molar-refractivity contribution in [2.24, 2.45) is 0 Å². The molecule has 1 aliphatic heterocycles. The molecule has 1 heterocycles. The Labute approximate surface area is 133 Å². The van der Waals surface area contributed by atoms with Gasteiger partial charge < -0.3 is 15.5 Å². The molecule has 1 atom stereocenters. The van der Waals surface area contributed by atoms with Crippen LogP contribution in [0, 0.1) is 0 Å². The minimum absolute atomic E-state index is 0.545. The lowest BCUT2D eigenvalue weighted by Crippen LogP contribution is -2.49. The van der Waals surface area contributed by atoms with Crippen LogP contribution in [0.5, 0.6) is 0 Å². The van der Waals surface area contributed by atoms with Crippen LogP contribution in [0.4, 0.5) is 5.69 Å². The molecule has 2 aromatic carbocycles. The molecule has 0 saturated carbocycles. The molecule has 22 heavy (non-hydrogen) atoms. The maximum absolute atomic E-state index is 3.58. The van der Waals surface area contributed by atoms with E-state index in [1.54, 1.807) is 0 Å². The minimum Gasteiger partial charge on any atom is -0.370 e. The first-order chi connectivity index (χ1) is 10.8. The van der Waals surface area contributed by atoms with E-state index >= 15 is 0 Å². The standard InChI is InChI=1S/C19H25N3/c1-22(15-16-6-3-2-4-7-16)19-9-5-8-17(13-19)12-18-14-20-10-11-21-18/h2-9,13,18,20-21H,10-12,14-15H2,1H3. The maximum atomic E-state index is 3.58. The van der Waals surface area contributed by atoms with Crippen LogP contribution in [0.15, 0.2) is 54.6 Å². The third-order valence-electron chi connectivity index (χ3n) is 4.22. The van der Waals surface area contributed by atoms with Gasteiger partial charge in [0.15, 0.2) is 0 Å². The van der Waals surface area contributed by atoms with Crippen LogP contribution in [-0.4, -0.2) is 32.7 Å². The van der Waals surface area contributed by atoms with E-state index in [9.17, 15) is 0 Å². The van der Waals surface area contributed by atoms with Crippen LogP contribution >= 0.6 is 0 Å². The minimum atomic E-state index is 0.545. The average molecular weight is 295 g/mol. The molecule has 1 aliphatic rings. The molecule has 2 aromatic rings. The number of nitrogens with one attached hydrogen (secondary N) is 2. The first-order valence-corrected chi connectivity index (χ1v) is 8.09. The van der Waals surface area contributed by atoms with Crippen LogP contribution < -0.4 is 15.5 Å². The molecule has 0 bridgehead atoms. The van der Waals surface area contributed by atoms with Gasteiger partial charge in [-0.3, -0.25) is 0 Å². The van der Waals surface area contributed by atoms with Crippen LogP contribution in [-0.2, 0) is 13.0 Å². The van der Waals surface area contributed by atoms with Gasteiger partial charge in [0.05, 0.1) is 0 Å². The summed E-state index contributed by atoms with van der Waals surface area (Å²) >= 11 is 0. The summed E-state index contributed by atoms with van der Waals surface area (Å²) in [5, 5.41) is 7.03. The van der Waals surface area contributed by atoms with Crippen LogP contribution in [0.25, 0.3) is 0 Å². The summed E-state index contributed by atoms with van der Waals surface area (Å²) < 4.78 is 0. The Hall–Kier alpha value is -1.84. The van der Waals surface area contributed by atoms with E-state index < -0.39 is 0 Å². The van der Waals surface area contributed by atoms with Gasteiger partial charge in [0.25, 0.3) is 0 Å². The number of piperazine rings is 1.